The Bertz CT molecular complexity index is 976. The van der Waals surface area contributed by atoms with Crippen LogP contribution in [0.4, 0.5) is 0 Å². The molecule has 6 nitrogen and oxygen atoms in total. The number of thioether (sulfide) groups is 1. The second-order valence-corrected chi connectivity index (χ2v) is 10.6. The summed E-state index contributed by atoms with van der Waals surface area (Å²) >= 11 is 3.31. The van der Waals surface area contributed by atoms with E-state index in [2.05, 4.69) is 21.2 Å². The van der Waals surface area contributed by atoms with Crippen LogP contribution in [-0.4, -0.2) is 39.7 Å². The topological polar surface area (TPSA) is 77.7 Å². The second kappa shape index (κ2) is 6.69. The Labute approximate surface area is 154 Å². The van der Waals surface area contributed by atoms with Crippen LogP contribution in [0.15, 0.2) is 29.4 Å². The summed E-state index contributed by atoms with van der Waals surface area (Å²) in [5, 5.41) is 10.4. The van der Waals surface area contributed by atoms with Gasteiger partial charge in [0.25, 0.3) is 0 Å². The van der Waals surface area contributed by atoms with Crippen molar-refractivity contribution in [3.8, 4) is 0 Å². The van der Waals surface area contributed by atoms with Crippen LogP contribution in [-0.2, 0) is 29.1 Å². The van der Waals surface area contributed by atoms with E-state index in [1.807, 2.05) is 29.8 Å². The van der Waals surface area contributed by atoms with Gasteiger partial charge in [-0.05, 0) is 24.5 Å². The number of hydrogen-bond donors (Lipinski definition) is 0. The van der Waals surface area contributed by atoms with E-state index in [1.165, 1.54) is 4.70 Å². The maximum absolute atomic E-state index is 11.6. The van der Waals surface area contributed by atoms with Crippen LogP contribution in [0.3, 0.4) is 0 Å². The van der Waals surface area contributed by atoms with E-state index in [4.69, 9.17) is 0 Å². The van der Waals surface area contributed by atoms with E-state index in [-0.39, 0.29) is 11.7 Å². The van der Waals surface area contributed by atoms with Gasteiger partial charge in [-0.15, -0.1) is 21.5 Å². The third-order valence-corrected chi connectivity index (χ3v) is 8.47. The van der Waals surface area contributed by atoms with Gasteiger partial charge in [0.15, 0.2) is 15.0 Å². The fourth-order valence-corrected chi connectivity index (χ4v) is 6.80. The molecule has 1 fully saturated rings. The predicted octanol–water partition coefficient (Wildman–Crippen LogP) is 2.69. The Kier molecular flexibility index (Phi) is 4.55. The highest BCUT2D eigenvalue weighted by Crippen LogP contribution is 2.28. The number of nitrogens with zero attached hydrogens (tertiary/aromatic N) is 4. The zero-order valence-corrected chi connectivity index (χ0v) is 16.2. The number of benzene rings is 1. The van der Waals surface area contributed by atoms with Gasteiger partial charge in [0.2, 0.25) is 0 Å². The van der Waals surface area contributed by atoms with Gasteiger partial charge in [-0.25, -0.2) is 13.4 Å². The van der Waals surface area contributed by atoms with Crippen molar-refractivity contribution < 1.29 is 8.42 Å². The van der Waals surface area contributed by atoms with Gasteiger partial charge < -0.3 is 4.57 Å². The van der Waals surface area contributed by atoms with Crippen LogP contribution in [0.1, 0.15) is 17.3 Å². The maximum atomic E-state index is 11.6. The van der Waals surface area contributed by atoms with Crippen molar-refractivity contribution in [2.75, 3.05) is 11.5 Å². The van der Waals surface area contributed by atoms with E-state index in [9.17, 15) is 8.42 Å². The molecule has 1 aliphatic rings. The summed E-state index contributed by atoms with van der Waals surface area (Å²) in [5.74, 6) is 2.34. The van der Waals surface area contributed by atoms with E-state index in [0.717, 1.165) is 33.7 Å². The molecule has 0 aliphatic carbocycles. The normalized spacial score (nSPS) is 19.6. The van der Waals surface area contributed by atoms with Gasteiger partial charge in [-0.2, -0.15) is 0 Å². The lowest BCUT2D eigenvalue weighted by Crippen LogP contribution is -2.11. The smallest absolute Gasteiger partial charge is 0.191 e. The lowest BCUT2D eigenvalue weighted by Gasteiger charge is -2.07. The van der Waals surface area contributed by atoms with Crippen molar-refractivity contribution in [3.05, 3.63) is 35.1 Å². The Morgan fingerprint density at radius 2 is 2.16 bits per heavy atom. The quantitative estimate of drug-likeness (QED) is 0.619. The molecule has 1 aliphatic heterocycles. The predicted molar refractivity (Wildman–Crippen MR) is 101 cm³/mol. The van der Waals surface area contributed by atoms with Crippen LogP contribution in [0, 0.1) is 5.92 Å². The number of fused-ring (bicyclic) bond motifs is 1. The third kappa shape index (κ3) is 3.73. The molecular formula is C16H18N4O2S3. The first-order valence-electron chi connectivity index (χ1n) is 8.06. The number of thiazole rings is 1. The van der Waals surface area contributed by atoms with Crippen molar-refractivity contribution in [3.63, 3.8) is 0 Å². The number of rotatable bonds is 5. The first kappa shape index (κ1) is 17.0. The molecule has 132 valence electrons. The summed E-state index contributed by atoms with van der Waals surface area (Å²) < 4.78 is 26.4. The van der Waals surface area contributed by atoms with E-state index >= 15 is 0 Å². The lowest BCUT2D eigenvalue weighted by atomic mass is 10.1. The molecule has 3 heterocycles. The molecule has 0 saturated carbocycles. The average molecular weight is 395 g/mol. The largest absolute Gasteiger partial charge is 0.309 e. The number of aromatic nitrogens is 4. The van der Waals surface area contributed by atoms with Crippen LogP contribution in [0.5, 0.6) is 0 Å². The van der Waals surface area contributed by atoms with Crippen LogP contribution >= 0.6 is 23.1 Å². The highest BCUT2D eigenvalue weighted by atomic mass is 32.2. The molecule has 1 aromatic carbocycles. The Morgan fingerprint density at radius 3 is 2.92 bits per heavy atom. The van der Waals surface area contributed by atoms with Gasteiger partial charge in [-0.1, -0.05) is 23.9 Å². The van der Waals surface area contributed by atoms with E-state index in [1.54, 1.807) is 23.1 Å². The van der Waals surface area contributed by atoms with Crippen molar-refractivity contribution in [1.29, 1.82) is 0 Å². The maximum Gasteiger partial charge on any atom is 0.191 e. The molecule has 25 heavy (non-hydrogen) atoms. The minimum absolute atomic E-state index is 0.162. The molecule has 0 N–H and O–H groups in total. The average Bonchev–Trinajstić information content (AvgIpc) is 3.24. The molecular weight excluding hydrogens is 376 g/mol. The Morgan fingerprint density at radius 1 is 1.32 bits per heavy atom. The van der Waals surface area contributed by atoms with Crippen molar-refractivity contribution in [1.82, 2.24) is 19.7 Å². The van der Waals surface area contributed by atoms with Crippen LogP contribution in [0.25, 0.3) is 10.2 Å². The molecule has 1 atom stereocenters. The Balaban J connectivity index is 1.42. The molecule has 3 aromatic rings. The van der Waals surface area contributed by atoms with Crippen LogP contribution < -0.4 is 0 Å². The van der Waals surface area contributed by atoms with Gasteiger partial charge in [0.1, 0.15) is 10.8 Å². The fourth-order valence-electron chi connectivity index (χ4n) is 3.05. The molecule has 0 unspecified atom stereocenters. The molecule has 0 radical (unpaired) electrons. The van der Waals surface area contributed by atoms with Crippen molar-refractivity contribution in [2.45, 2.75) is 23.8 Å². The Hall–Kier alpha value is -1.45. The summed E-state index contributed by atoms with van der Waals surface area (Å²) in [6, 6.07) is 8.13. The minimum atomic E-state index is -2.85. The molecule has 0 bridgehead atoms. The van der Waals surface area contributed by atoms with E-state index < -0.39 is 9.84 Å². The zero-order chi connectivity index (χ0) is 17.4. The lowest BCUT2D eigenvalue weighted by molar-refractivity contribution is 0.552. The van der Waals surface area contributed by atoms with Crippen molar-refractivity contribution in [2.24, 2.45) is 13.0 Å². The highest BCUT2D eigenvalue weighted by molar-refractivity contribution is 7.98. The number of para-hydroxylation sites is 1. The second-order valence-electron chi connectivity index (χ2n) is 6.30. The molecule has 1 saturated heterocycles. The van der Waals surface area contributed by atoms with Crippen LogP contribution in [0.2, 0.25) is 0 Å². The highest BCUT2D eigenvalue weighted by Gasteiger charge is 2.29. The molecule has 0 spiro atoms. The van der Waals surface area contributed by atoms with E-state index in [0.29, 0.717) is 12.2 Å². The number of hydrogen-bond acceptors (Lipinski definition) is 7. The third-order valence-electron chi connectivity index (χ3n) is 4.39. The fraction of sp³-hybridized carbons (Fsp3) is 0.438. The summed E-state index contributed by atoms with van der Waals surface area (Å²) in [5.41, 5.74) is 1.03. The van der Waals surface area contributed by atoms with Gasteiger partial charge in [0.05, 0.1) is 27.5 Å². The molecule has 4 rings (SSSR count). The van der Waals surface area contributed by atoms with Gasteiger partial charge in [-0.3, -0.25) is 0 Å². The molecule has 9 heteroatoms. The number of sulfone groups is 1. The van der Waals surface area contributed by atoms with Gasteiger partial charge >= 0.3 is 0 Å². The SMILES string of the molecule is Cn1c(C[C@@H]2CCS(=O)(=O)C2)nnc1SCc1nc2ccccc2s1. The minimum Gasteiger partial charge on any atom is -0.309 e. The summed E-state index contributed by atoms with van der Waals surface area (Å²) in [6.07, 6.45) is 1.40. The summed E-state index contributed by atoms with van der Waals surface area (Å²) in [6.45, 7) is 0. The van der Waals surface area contributed by atoms with Gasteiger partial charge in [0, 0.05) is 13.5 Å². The van der Waals surface area contributed by atoms with Crippen molar-refractivity contribution >= 4 is 43.2 Å². The molecule has 2 aromatic heterocycles. The zero-order valence-electron chi connectivity index (χ0n) is 13.8. The molecule has 0 amide bonds. The monoisotopic (exact) mass is 394 g/mol. The standard InChI is InChI=1S/C16H18N4O2S3/c1-20-14(8-11-6-7-25(21,22)10-11)18-19-16(20)23-9-15-17-12-4-2-3-5-13(12)24-15/h2-5,11H,6-10H2,1H3/t11-/m0/s1. The first-order valence-corrected chi connectivity index (χ1v) is 11.7. The summed E-state index contributed by atoms with van der Waals surface area (Å²) in [7, 11) is -0.906. The first-order chi connectivity index (χ1) is 12.0. The summed E-state index contributed by atoms with van der Waals surface area (Å²) in [4.78, 5) is 4.64.